The molecule has 0 saturated heterocycles. The van der Waals surface area contributed by atoms with E-state index in [4.69, 9.17) is 0 Å². The first-order valence-electron chi connectivity index (χ1n) is 9.21. The number of rotatable bonds is 5. The Morgan fingerprint density at radius 3 is 2.81 bits per heavy atom. The molecule has 1 amide bonds. The molecule has 4 rings (SSSR count). The molecule has 1 unspecified atom stereocenters. The summed E-state index contributed by atoms with van der Waals surface area (Å²) in [6.07, 6.45) is 3.23. The number of carbonyl (C=O) groups excluding carboxylic acids is 1. The van der Waals surface area contributed by atoms with E-state index in [1.54, 1.807) is 23.1 Å². The second-order valence-corrected chi connectivity index (χ2v) is 8.90. The average Bonchev–Trinajstić information content (AvgIpc) is 3.12. The van der Waals surface area contributed by atoms with Crippen molar-refractivity contribution in [3.8, 4) is 0 Å². The quantitative estimate of drug-likeness (QED) is 0.577. The molecule has 1 aromatic heterocycles. The summed E-state index contributed by atoms with van der Waals surface area (Å²) in [6, 6.07) is 16.4. The minimum Gasteiger partial charge on any atom is -0.345 e. The van der Waals surface area contributed by atoms with Gasteiger partial charge in [-0.15, -0.1) is 23.1 Å². The third-order valence-corrected chi connectivity index (χ3v) is 6.71. The van der Waals surface area contributed by atoms with Crippen LogP contribution in [0.15, 0.2) is 58.8 Å². The number of benzene rings is 2. The second kappa shape index (κ2) is 8.28. The van der Waals surface area contributed by atoms with Crippen molar-refractivity contribution in [2.24, 2.45) is 0 Å². The number of nitrogens with zero attached hydrogens (tertiary/aromatic N) is 1. The Balaban J connectivity index is 1.38. The molecule has 1 aliphatic carbocycles. The Bertz CT molecular complexity index is 933. The van der Waals surface area contributed by atoms with E-state index in [1.165, 1.54) is 11.1 Å². The van der Waals surface area contributed by atoms with Crippen molar-refractivity contribution in [2.75, 3.05) is 0 Å². The van der Waals surface area contributed by atoms with Crippen LogP contribution in [0.5, 0.6) is 0 Å². The lowest BCUT2D eigenvalue weighted by Crippen LogP contribution is -2.30. The average molecular weight is 395 g/mol. The van der Waals surface area contributed by atoms with E-state index in [2.05, 4.69) is 39.9 Å². The maximum absolute atomic E-state index is 12.7. The summed E-state index contributed by atoms with van der Waals surface area (Å²) in [7, 11) is 0. The molecule has 138 valence electrons. The van der Waals surface area contributed by atoms with Gasteiger partial charge in [-0.2, -0.15) is 0 Å². The third kappa shape index (κ3) is 4.42. The van der Waals surface area contributed by atoms with Gasteiger partial charge in [0.15, 0.2) is 0 Å². The van der Waals surface area contributed by atoms with E-state index in [-0.39, 0.29) is 11.9 Å². The molecule has 0 spiro atoms. The zero-order chi connectivity index (χ0) is 18.6. The van der Waals surface area contributed by atoms with Crippen LogP contribution < -0.4 is 5.32 Å². The molecule has 2 aromatic carbocycles. The highest BCUT2D eigenvalue weighted by atomic mass is 32.2. The molecule has 0 radical (unpaired) electrons. The van der Waals surface area contributed by atoms with Crippen LogP contribution in [0.1, 0.15) is 51.1 Å². The predicted molar refractivity (Wildman–Crippen MR) is 112 cm³/mol. The van der Waals surface area contributed by atoms with Crippen molar-refractivity contribution in [1.82, 2.24) is 10.3 Å². The summed E-state index contributed by atoms with van der Waals surface area (Å²) in [5.74, 6) is 0.859. The molecule has 1 aliphatic rings. The SMILES string of the molecule is Cc1nc(CSc2ccc(C(=O)NC3CCCc4ccccc43)cc2)cs1. The van der Waals surface area contributed by atoms with Gasteiger partial charge < -0.3 is 5.32 Å². The molecular formula is C22H22N2OS2. The summed E-state index contributed by atoms with van der Waals surface area (Å²) in [5, 5.41) is 6.42. The zero-order valence-corrected chi connectivity index (χ0v) is 16.9. The van der Waals surface area contributed by atoms with Crippen molar-refractivity contribution >= 4 is 29.0 Å². The lowest BCUT2D eigenvalue weighted by molar-refractivity contribution is 0.0932. The van der Waals surface area contributed by atoms with Crippen molar-refractivity contribution in [1.29, 1.82) is 0 Å². The van der Waals surface area contributed by atoms with Gasteiger partial charge in [-0.25, -0.2) is 4.98 Å². The van der Waals surface area contributed by atoms with Gasteiger partial charge in [-0.05, 0) is 61.6 Å². The van der Waals surface area contributed by atoms with E-state index >= 15 is 0 Å². The van der Waals surface area contributed by atoms with E-state index in [1.807, 2.05) is 31.2 Å². The van der Waals surface area contributed by atoms with Gasteiger partial charge in [0.25, 0.3) is 5.91 Å². The molecule has 3 nitrogen and oxygen atoms in total. The van der Waals surface area contributed by atoms with E-state index in [0.717, 1.165) is 40.6 Å². The van der Waals surface area contributed by atoms with Gasteiger partial charge in [0.1, 0.15) is 0 Å². The van der Waals surface area contributed by atoms with E-state index in [0.29, 0.717) is 5.56 Å². The number of hydrogen-bond donors (Lipinski definition) is 1. The summed E-state index contributed by atoms with van der Waals surface area (Å²) in [5.41, 5.74) is 4.45. The number of thiazole rings is 1. The Labute approximate surface area is 168 Å². The number of hydrogen-bond acceptors (Lipinski definition) is 4. The maximum Gasteiger partial charge on any atom is 0.251 e. The first-order valence-corrected chi connectivity index (χ1v) is 11.1. The molecule has 0 bridgehead atoms. The second-order valence-electron chi connectivity index (χ2n) is 6.79. The standard InChI is InChI=1S/C22H22N2OS2/c1-15-23-18(13-26-15)14-27-19-11-9-17(10-12-19)22(25)24-21-8-4-6-16-5-2-3-7-20(16)21/h2-3,5,7,9-13,21H,4,6,8,14H2,1H3,(H,24,25). The van der Waals surface area contributed by atoms with Gasteiger partial charge >= 0.3 is 0 Å². The maximum atomic E-state index is 12.7. The number of amides is 1. The van der Waals surface area contributed by atoms with E-state index < -0.39 is 0 Å². The number of fused-ring (bicyclic) bond motifs is 1. The minimum absolute atomic E-state index is 0.00313. The third-order valence-electron chi connectivity index (χ3n) is 4.84. The summed E-state index contributed by atoms with van der Waals surface area (Å²) >= 11 is 3.43. The highest BCUT2D eigenvalue weighted by molar-refractivity contribution is 7.98. The van der Waals surface area contributed by atoms with Crippen LogP contribution in [-0.2, 0) is 12.2 Å². The highest BCUT2D eigenvalue weighted by Crippen LogP contribution is 2.30. The fraction of sp³-hybridized carbons (Fsp3) is 0.273. The summed E-state index contributed by atoms with van der Waals surface area (Å²) < 4.78 is 0. The van der Waals surface area contributed by atoms with Gasteiger partial charge in [-0.1, -0.05) is 24.3 Å². The highest BCUT2D eigenvalue weighted by Gasteiger charge is 2.21. The number of nitrogens with one attached hydrogen (secondary N) is 1. The summed E-state index contributed by atoms with van der Waals surface area (Å²) in [6.45, 7) is 2.02. The van der Waals surface area contributed by atoms with Crippen LogP contribution in [0, 0.1) is 6.92 Å². The van der Waals surface area contributed by atoms with E-state index in [9.17, 15) is 4.79 Å². The van der Waals surface area contributed by atoms with Crippen LogP contribution in [0.2, 0.25) is 0 Å². The van der Waals surface area contributed by atoms with Crippen LogP contribution in [-0.4, -0.2) is 10.9 Å². The monoisotopic (exact) mass is 394 g/mol. The minimum atomic E-state index is 0.00313. The van der Waals surface area contributed by atoms with Crippen molar-refractivity contribution in [2.45, 2.75) is 42.9 Å². The number of aromatic nitrogens is 1. The Morgan fingerprint density at radius 1 is 1.22 bits per heavy atom. The summed E-state index contributed by atoms with van der Waals surface area (Å²) in [4.78, 5) is 18.3. The molecule has 0 fully saturated rings. The zero-order valence-electron chi connectivity index (χ0n) is 15.3. The Morgan fingerprint density at radius 2 is 2.04 bits per heavy atom. The molecule has 1 atom stereocenters. The van der Waals surface area contributed by atoms with Crippen LogP contribution in [0.25, 0.3) is 0 Å². The normalized spacial score (nSPS) is 16.0. The number of aryl methyl sites for hydroxylation is 2. The predicted octanol–water partition coefficient (Wildman–Crippen LogP) is 5.55. The molecule has 1 heterocycles. The topological polar surface area (TPSA) is 42.0 Å². The van der Waals surface area contributed by atoms with Crippen molar-refractivity contribution < 1.29 is 4.79 Å². The van der Waals surface area contributed by atoms with Crippen LogP contribution in [0.4, 0.5) is 0 Å². The molecule has 5 heteroatoms. The molecule has 3 aromatic rings. The lowest BCUT2D eigenvalue weighted by atomic mass is 9.87. The fourth-order valence-corrected chi connectivity index (χ4v) is 4.99. The van der Waals surface area contributed by atoms with Gasteiger partial charge in [-0.3, -0.25) is 4.79 Å². The van der Waals surface area contributed by atoms with Gasteiger partial charge in [0, 0.05) is 21.6 Å². The molecular weight excluding hydrogens is 372 g/mol. The fourth-order valence-electron chi connectivity index (χ4n) is 3.48. The number of carbonyl (C=O) groups is 1. The first-order chi connectivity index (χ1) is 13.2. The van der Waals surface area contributed by atoms with Crippen molar-refractivity contribution in [3.63, 3.8) is 0 Å². The molecule has 27 heavy (non-hydrogen) atoms. The smallest absolute Gasteiger partial charge is 0.251 e. The van der Waals surface area contributed by atoms with Crippen LogP contribution in [0.3, 0.4) is 0 Å². The Kier molecular flexibility index (Phi) is 5.60. The Hall–Kier alpha value is -2.11. The van der Waals surface area contributed by atoms with Crippen molar-refractivity contribution in [3.05, 3.63) is 81.3 Å². The largest absolute Gasteiger partial charge is 0.345 e. The van der Waals surface area contributed by atoms with Gasteiger partial charge in [0.05, 0.1) is 16.7 Å². The van der Waals surface area contributed by atoms with Crippen LogP contribution >= 0.6 is 23.1 Å². The first kappa shape index (κ1) is 18.3. The number of thioether (sulfide) groups is 1. The molecule has 0 aliphatic heterocycles. The molecule has 0 saturated carbocycles. The van der Waals surface area contributed by atoms with Gasteiger partial charge in [0.2, 0.25) is 0 Å². The lowest BCUT2D eigenvalue weighted by Gasteiger charge is -2.26. The molecule has 1 N–H and O–H groups in total.